The predicted octanol–water partition coefficient (Wildman–Crippen LogP) is 0.863. The second-order valence-corrected chi connectivity index (χ2v) is 4.93. The molecule has 3 amide bonds. The van der Waals surface area contributed by atoms with E-state index in [2.05, 4.69) is 21.2 Å². The van der Waals surface area contributed by atoms with Gasteiger partial charge in [0.25, 0.3) is 5.91 Å². The van der Waals surface area contributed by atoms with Crippen molar-refractivity contribution in [1.29, 1.82) is 0 Å². The normalized spacial score (nSPS) is 14.1. The molecule has 20 heavy (non-hydrogen) atoms. The molecule has 0 radical (unpaired) electrons. The third-order valence-electron chi connectivity index (χ3n) is 2.66. The average molecular weight is 343 g/mol. The second-order valence-electron chi connectivity index (χ2n) is 4.01. The molecule has 1 aromatic carbocycles. The largest absolute Gasteiger partial charge is 0.507 e. The smallest absolute Gasteiger partial charge is 0.342 e. The quantitative estimate of drug-likeness (QED) is 0.794. The summed E-state index contributed by atoms with van der Waals surface area (Å²) in [7, 11) is 0. The van der Waals surface area contributed by atoms with Crippen LogP contribution in [-0.2, 0) is 9.53 Å². The van der Waals surface area contributed by atoms with Gasteiger partial charge in [0.15, 0.2) is 6.61 Å². The third kappa shape index (κ3) is 3.08. The molecule has 0 bridgehead atoms. The van der Waals surface area contributed by atoms with Crippen LogP contribution in [0.4, 0.5) is 4.79 Å². The molecule has 1 heterocycles. The van der Waals surface area contributed by atoms with Crippen LogP contribution in [0.15, 0.2) is 22.7 Å². The maximum atomic E-state index is 11.7. The summed E-state index contributed by atoms with van der Waals surface area (Å²) in [4.78, 5) is 35.6. The molecule has 106 valence electrons. The van der Waals surface area contributed by atoms with E-state index in [4.69, 9.17) is 4.74 Å². The van der Waals surface area contributed by atoms with Crippen LogP contribution in [0.1, 0.15) is 10.4 Å². The number of hydrogen-bond acceptors (Lipinski definition) is 5. The first-order valence-corrected chi connectivity index (χ1v) is 6.52. The van der Waals surface area contributed by atoms with E-state index >= 15 is 0 Å². The average Bonchev–Trinajstić information content (AvgIpc) is 2.84. The van der Waals surface area contributed by atoms with E-state index in [0.717, 1.165) is 4.90 Å². The molecule has 2 N–H and O–H groups in total. The number of nitrogens with one attached hydrogen (secondary N) is 1. The number of nitrogens with zero attached hydrogens (tertiary/aromatic N) is 1. The Balaban J connectivity index is 1.97. The summed E-state index contributed by atoms with van der Waals surface area (Å²) in [5.74, 6) is -1.69. The first-order chi connectivity index (χ1) is 9.49. The van der Waals surface area contributed by atoms with Crippen LogP contribution in [0.2, 0.25) is 0 Å². The third-order valence-corrected chi connectivity index (χ3v) is 3.16. The number of carbonyl (C=O) groups excluding carboxylic acids is 3. The van der Waals surface area contributed by atoms with Crippen LogP contribution in [-0.4, -0.2) is 47.6 Å². The number of esters is 1. The highest BCUT2D eigenvalue weighted by Crippen LogP contribution is 2.22. The number of amides is 3. The summed E-state index contributed by atoms with van der Waals surface area (Å²) in [6.07, 6.45) is 0. The Bertz CT molecular complexity index is 575. The minimum absolute atomic E-state index is 0.0574. The number of ether oxygens (including phenoxy) is 1. The zero-order chi connectivity index (χ0) is 14.7. The number of benzene rings is 1. The van der Waals surface area contributed by atoms with Crippen LogP contribution in [0.5, 0.6) is 5.75 Å². The number of carbonyl (C=O) groups is 3. The summed E-state index contributed by atoms with van der Waals surface area (Å²) < 4.78 is 5.39. The molecule has 8 heteroatoms. The number of phenolic OH excluding ortho intramolecular Hbond substituents is 1. The molecular formula is C12H11BrN2O5. The lowest BCUT2D eigenvalue weighted by Crippen LogP contribution is -2.37. The zero-order valence-corrected chi connectivity index (χ0v) is 11.8. The topological polar surface area (TPSA) is 95.9 Å². The van der Waals surface area contributed by atoms with Gasteiger partial charge in [-0.15, -0.1) is 0 Å². The minimum Gasteiger partial charge on any atom is -0.507 e. The summed E-state index contributed by atoms with van der Waals surface area (Å²) in [5, 5.41) is 12.0. The lowest BCUT2D eigenvalue weighted by atomic mass is 10.2. The Hall–Kier alpha value is -2.09. The van der Waals surface area contributed by atoms with E-state index in [1.54, 1.807) is 6.07 Å². The minimum atomic E-state index is -0.836. The van der Waals surface area contributed by atoms with Gasteiger partial charge in [-0.25, -0.2) is 9.59 Å². The van der Waals surface area contributed by atoms with Gasteiger partial charge in [0.1, 0.15) is 11.3 Å². The number of halogens is 1. The van der Waals surface area contributed by atoms with E-state index in [9.17, 15) is 19.5 Å². The van der Waals surface area contributed by atoms with Gasteiger partial charge in [-0.3, -0.25) is 9.69 Å². The summed E-state index contributed by atoms with van der Waals surface area (Å²) >= 11 is 3.16. The van der Waals surface area contributed by atoms with E-state index in [0.29, 0.717) is 11.0 Å². The highest BCUT2D eigenvalue weighted by atomic mass is 79.9. The molecule has 0 aromatic heterocycles. The van der Waals surface area contributed by atoms with Gasteiger partial charge in [0.05, 0.1) is 0 Å². The first kappa shape index (κ1) is 14.3. The highest BCUT2D eigenvalue weighted by Gasteiger charge is 2.27. The van der Waals surface area contributed by atoms with E-state index in [1.807, 2.05) is 0 Å². The van der Waals surface area contributed by atoms with Crippen molar-refractivity contribution in [2.75, 3.05) is 19.7 Å². The van der Waals surface area contributed by atoms with Crippen molar-refractivity contribution < 1.29 is 24.2 Å². The summed E-state index contributed by atoms with van der Waals surface area (Å²) in [5.41, 5.74) is -0.0574. The number of hydrogen-bond donors (Lipinski definition) is 2. The fraction of sp³-hybridized carbons (Fsp3) is 0.250. The Morgan fingerprint density at radius 3 is 2.85 bits per heavy atom. The molecule has 0 spiro atoms. The maximum Gasteiger partial charge on any atom is 0.342 e. The maximum absolute atomic E-state index is 11.7. The number of urea groups is 1. The fourth-order valence-electron chi connectivity index (χ4n) is 1.66. The Morgan fingerprint density at radius 2 is 2.20 bits per heavy atom. The molecular weight excluding hydrogens is 332 g/mol. The van der Waals surface area contributed by atoms with E-state index in [1.165, 1.54) is 12.1 Å². The second kappa shape index (κ2) is 5.91. The lowest BCUT2D eigenvalue weighted by molar-refractivity contribution is -0.130. The summed E-state index contributed by atoms with van der Waals surface area (Å²) in [6.45, 7) is 0.0699. The molecule has 1 saturated heterocycles. The molecule has 2 rings (SSSR count). The van der Waals surface area contributed by atoms with Crippen LogP contribution in [0.3, 0.4) is 0 Å². The number of aromatic hydroxyl groups is 1. The fourth-order valence-corrected chi connectivity index (χ4v) is 2.03. The Kier molecular flexibility index (Phi) is 4.23. The van der Waals surface area contributed by atoms with Crippen molar-refractivity contribution >= 4 is 33.8 Å². The molecule has 0 saturated carbocycles. The molecule has 0 unspecified atom stereocenters. The van der Waals surface area contributed by atoms with Gasteiger partial charge >= 0.3 is 12.0 Å². The Labute approximate surface area is 122 Å². The number of rotatable bonds is 3. The molecule has 0 atom stereocenters. The van der Waals surface area contributed by atoms with Crippen LogP contribution < -0.4 is 5.32 Å². The highest BCUT2D eigenvalue weighted by molar-refractivity contribution is 9.10. The number of imide groups is 1. The molecule has 1 fully saturated rings. The van der Waals surface area contributed by atoms with Gasteiger partial charge in [0, 0.05) is 17.6 Å². The van der Waals surface area contributed by atoms with Gasteiger partial charge in [0.2, 0.25) is 0 Å². The predicted molar refractivity (Wildman–Crippen MR) is 71.2 cm³/mol. The van der Waals surface area contributed by atoms with Gasteiger partial charge in [-0.05, 0) is 18.2 Å². The molecule has 7 nitrogen and oxygen atoms in total. The van der Waals surface area contributed by atoms with Crippen molar-refractivity contribution in [1.82, 2.24) is 10.2 Å². The molecule has 1 aliphatic rings. The van der Waals surface area contributed by atoms with Crippen LogP contribution >= 0.6 is 15.9 Å². The number of phenols is 1. The van der Waals surface area contributed by atoms with Crippen molar-refractivity contribution in [3.8, 4) is 5.75 Å². The van der Waals surface area contributed by atoms with Crippen molar-refractivity contribution in [3.05, 3.63) is 28.2 Å². The van der Waals surface area contributed by atoms with E-state index in [-0.39, 0.29) is 17.9 Å². The standard InChI is InChI=1S/C12H11BrN2O5/c13-7-1-2-9(16)8(5-7)11(18)20-6-10(17)15-4-3-14-12(15)19/h1-2,5,16H,3-4,6H2,(H,14,19). The SMILES string of the molecule is O=C(OCC(=O)N1CCNC1=O)c1cc(Br)ccc1O. The van der Waals surface area contributed by atoms with Crippen LogP contribution in [0.25, 0.3) is 0 Å². The molecule has 1 aromatic rings. The first-order valence-electron chi connectivity index (χ1n) is 5.73. The zero-order valence-electron chi connectivity index (χ0n) is 10.3. The monoisotopic (exact) mass is 342 g/mol. The van der Waals surface area contributed by atoms with Crippen molar-refractivity contribution in [2.45, 2.75) is 0 Å². The molecule has 0 aliphatic carbocycles. The van der Waals surface area contributed by atoms with Crippen molar-refractivity contribution in [2.24, 2.45) is 0 Å². The van der Waals surface area contributed by atoms with Gasteiger partial charge in [-0.2, -0.15) is 0 Å². The summed E-state index contributed by atoms with van der Waals surface area (Å²) in [6, 6.07) is 3.77. The molecule has 1 aliphatic heterocycles. The lowest BCUT2D eigenvalue weighted by Gasteiger charge is -2.12. The van der Waals surface area contributed by atoms with E-state index < -0.39 is 24.5 Å². The van der Waals surface area contributed by atoms with Crippen LogP contribution in [0, 0.1) is 0 Å². The Morgan fingerprint density at radius 1 is 1.45 bits per heavy atom. The van der Waals surface area contributed by atoms with Gasteiger partial charge in [-0.1, -0.05) is 15.9 Å². The van der Waals surface area contributed by atoms with Gasteiger partial charge < -0.3 is 15.2 Å². The van der Waals surface area contributed by atoms with Crippen molar-refractivity contribution in [3.63, 3.8) is 0 Å².